The summed E-state index contributed by atoms with van der Waals surface area (Å²) >= 11 is 6.08. The Bertz CT molecular complexity index is 1050. The highest BCUT2D eigenvalue weighted by atomic mass is 35.5. The standard InChI is InChI=1S/C21H24ClN3O5S/c1-2-30-21(27)25-13-11-24(12-14-25)20(26)17-8-4-6-10-19(17)23-31(28,29)15-16-7-3-5-9-18(16)22/h3-10,23H,2,11-15H2,1H3. The molecule has 1 fully saturated rings. The third-order valence-corrected chi connectivity index (χ3v) is 6.41. The van der Waals surface area contributed by atoms with E-state index < -0.39 is 16.1 Å². The lowest BCUT2D eigenvalue weighted by Crippen LogP contribution is -2.50. The van der Waals surface area contributed by atoms with Gasteiger partial charge in [-0.05, 0) is 30.7 Å². The molecule has 1 aliphatic heterocycles. The average Bonchev–Trinajstić information content (AvgIpc) is 2.75. The minimum atomic E-state index is -3.80. The molecule has 1 heterocycles. The van der Waals surface area contributed by atoms with Crippen molar-refractivity contribution >= 4 is 39.3 Å². The predicted octanol–water partition coefficient (Wildman–Crippen LogP) is 3.20. The highest BCUT2D eigenvalue weighted by molar-refractivity contribution is 7.91. The molecule has 1 saturated heterocycles. The third-order valence-electron chi connectivity index (χ3n) is 4.82. The van der Waals surface area contributed by atoms with Crippen LogP contribution in [-0.4, -0.2) is 63.0 Å². The molecule has 0 spiro atoms. The van der Waals surface area contributed by atoms with Crippen LogP contribution in [-0.2, 0) is 20.5 Å². The van der Waals surface area contributed by atoms with E-state index in [0.717, 1.165) is 0 Å². The summed E-state index contributed by atoms with van der Waals surface area (Å²) in [6, 6.07) is 13.2. The van der Waals surface area contributed by atoms with Crippen LogP contribution in [0.25, 0.3) is 0 Å². The molecule has 3 rings (SSSR count). The Hall–Kier alpha value is -2.78. The summed E-state index contributed by atoms with van der Waals surface area (Å²) in [6.07, 6.45) is -0.401. The molecule has 0 radical (unpaired) electrons. The fourth-order valence-electron chi connectivity index (χ4n) is 3.26. The van der Waals surface area contributed by atoms with Crippen molar-refractivity contribution in [2.45, 2.75) is 12.7 Å². The first-order valence-corrected chi connectivity index (χ1v) is 11.9. The van der Waals surface area contributed by atoms with Crippen LogP contribution in [0.4, 0.5) is 10.5 Å². The molecule has 10 heteroatoms. The number of para-hydroxylation sites is 1. The fraction of sp³-hybridized carbons (Fsp3) is 0.333. The summed E-state index contributed by atoms with van der Waals surface area (Å²) in [5.41, 5.74) is 0.915. The molecule has 1 aliphatic rings. The van der Waals surface area contributed by atoms with E-state index in [-0.39, 0.29) is 22.9 Å². The lowest BCUT2D eigenvalue weighted by molar-refractivity contribution is 0.0571. The number of piperazine rings is 1. The van der Waals surface area contributed by atoms with Gasteiger partial charge in [0.2, 0.25) is 10.0 Å². The monoisotopic (exact) mass is 465 g/mol. The Labute approximate surface area is 186 Å². The maximum Gasteiger partial charge on any atom is 0.409 e. The number of nitrogens with one attached hydrogen (secondary N) is 1. The summed E-state index contributed by atoms with van der Waals surface area (Å²) in [6.45, 7) is 3.40. The average molecular weight is 466 g/mol. The second kappa shape index (κ2) is 10.0. The second-order valence-electron chi connectivity index (χ2n) is 6.98. The first-order chi connectivity index (χ1) is 14.8. The van der Waals surface area contributed by atoms with Crippen LogP contribution < -0.4 is 4.72 Å². The van der Waals surface area contributed by atoms with E-state index in [9.17, 15) is 18.0 Å². The van der Waals surface area contributed by atoms with Gasteiger partial charge >= 0.3 is 6.09 Å². The van der Waals surface area contributed by atoms with Crippen molar-refractivity contribution < 1.29 is 22.7 Å². The number of hydrogen-bond acceptors (Lipinski definition) is 5. The van der Waals surface area contributed by atoms with E-state index >= 15 is 0 Å². The quantitative estimate of drug-likeness (QED) is 0.706. The van der Waals surface area contributed by atoms with Crippen LogP contribution in [0.1, 0.15) is 22.8 Å². The minimum Gasteiger partial charge on any atom is -0.450 e. The largest absolute Gasteiger partial charge is 0.450 e. The molecule has 31 heavy (non-hydrogen) atoms. The van der Waals surface area contributed by atoms with E-state index in [2.05, 4.69) is 4.72 Å². The van der Waals surface area contributed by atoms with Gasteiger partial charge in [0.25, 0.3) is 5.91 Å². The molecule has 2 aromatic rings. The van der Waals surface area contributed by atoms with E-state index in [0.29, 0.717) is 43.4 Å². The topological polar surface area (TPSA) is 96.0 Å². The van der Waals surface area contributed by atoms with Gasteiger partial charge in [-0.15, -0.1) is 0 Å². The van der Waals surface area contributed by atoms with Crippen LogP contribution in [0, 0.1) is 0 Å². The van der Waals surface area contributed by atoms with Crippen molar-refractivity contribution in [2.24, 2.45) is 0 Å². The molecular formula is C21H24ClN3O5S. The van der Waals surface area contributed by atoms with Crippen molar-refractivity contribution in [2.75, 3.05) is 37.5 Å². The highest BCUT2D eigenvalue weighted by Gasteiger charge is 2.27. The zero-order chi connectivity index (χ0) is 22.4. The van der Waals surface area contributed by atoms with Crippen molar-refractivity contribution in [3.63, 3.8) is 0 Å². The van der Waals surface area contributed by atoms with Crippen molar-refractivity contribution in [3.05, 3.63) is 64.7 Å². The first kappa shape index (κ1) is 22.9. The zero-order valence-electron chi connectivity index (χ0n) is 17.1. The van der Waals surface area contributed by atoms with Gasteiger partial charge in [-0.25, -0.2) is 13.2 Å². The van der Waals surface area contributed by atoms with Crippen molar-refractivity contribution in [3.8, 4) is 0 Å². The van der Waals surface area contributed by atoms with Crippen molar-refractivity contribution in [1.82, 2.24) is 9.80 Å². The fourth-order valence-corrected chi connectivity index (χ4v) is 4.79. The van der Waals surface area contributed by atoms with E-state index in [1.165, 1.54) is 0 Å². The first-order valence-electron chi connectivity index (χ1n) is 9.84. The lowest BCUT2D eigenvalue weighted by atomic mass is 10.1. The van der Waals surface area contributed by atoms with Gasteiger partial charge in [0.15, 0.2) is 0 Å². The summed E-state index contributed by atoms with van der Waals surface area (Å²) < 4.78 is 32.9. The molecule has 166 valence electrons. The van der Waals surface area contributed by atoms with Gasteiger partial charge in [0, 0.05) is 31.2 Å². The van der Waals surface area contributed by atoms with Gasteiger partial charge < -0.3 is 14.5 Å². The van der Waals surface area contributed by atoms with Crippen LogP contribution in [0.3, 0.4) is 0 Å². The van der Waals surface area contributed by atoms with Crippen LogP contribution in [0.2, 0.25) is 5.02 Å². The highest BCUT2D eigenvalue weighted by Crippen LogP contribution is 2.23. The number of hydrogen-bond donors (Lipinski definition) is 1. The summed E-state index contributed by atoms with van der Waals surface area (Å²) in [5.74, 6) is -0.618. The normalized spacial score (nSPS) is 14.3. The molecular weight excluding hydrogens is 442 g/mol. The maximum absolute atomic E-state index is 13.1. The zero-order valence-corrected chi connectivity index (χ0v) is 18.7. The number of amides is 2. The number of halogens is 1. The summed E-state index contributed by atoms with van der Waals surface area (Å²) in [7, 11) is -3.80. The Morgan fingerprint density at radius 1 is 1.00 bits per heavy atom. The number of nitrogens with zero attached hydrogens (tertiary/aromatic N) is 2. The van der Waals surface area contributed by atoms with E-state index in [4.69, 9.17) is 16.3 Å². The smallest absolute Gasteiger partial charge is 0.409 e. The van der Waals surface area contributed by atoms with Crippen LogP contribution >= 0.6 is 11.6 Å². The number of ether oxygens (including phenoxy) is 1. The molecule has 0 unspecified atom stereocenters. The molecule has 0 aromatic heterocycles. The SMILES string of the molecule is CCOC(=O)N1CCN(C(=O)c2ccccc2NS(=O)(=O)Cc2ccccc2Cl)CC1. The van der Waals surface area contributed by atoms with Crippen LogP contribution in [0.5, 0.6) is 0 Å². The number of carbonyl (C=O) groups is 2. The number of rotatable bonds is 6. The number of sulfonamides is 1. The van der Waals surface area contributed by atoms with E-state index in [1.54, 1.807) is 65.3 Å². The molecule has 2 amide bonds. The Kier molecular flexibility index (Phi) is 7.40. The Morgan fingerprint density at radius 2 is 1.61 bits per heavy atom. The van der Waals surface area contributed by atoms with Crippen LogP contribution in [0.15, 0.2) is 48.5 Å². The van der Waals surface area contributed by atoms with E-state index in [1.807, 2.05) is 0 Å². The van der Waals surface area contributed by atoms with Gasteiger partial charge in [0.1, 0.15) is 0 Å². The second-order valence-corrected chi connectivity index (χ2v) is 9.11. The van der Waals surface area contributed by atoms with Crippen molar-refractivity contribution in [1.29, 1.82) is 0 Å². The molecule has 2 aromatic carbocycles. The number of carbonyl (C=O) groups excluding carboxylic acids is 2. The maximum atomic E-state index is 13.1. The minimum absolute atomic E-state index is 0.201. The third kappa shape index (κ3) is 5.89. The molecule has 0 bridgehead atoms. The summed E-state index contributed by atoms with van der Waals surface area (Å²) in [5, 5.41) is 0.358. The van der Waals surface area contributed by atoms with Gasteiger partial charge in [-0.1, -0.05) is 41.9 Å². The van der Waals surface area contributed by atoms with Gasteiger partial charge in [0.05, 0.1) is 23.6 Å². The number of anilines is 1. The van der Waals surface area contributed by atoms with Gasteiger partial charge in [-0.3, -0.25) is 9.52 Å². The molecule has 0 atom stereocenters. The molecule has 0 saturated carbocycles. The summed E-state index contributed by atoms with van der Waals surface area (Å²) in [4.78, 5) is 28.0. The molecule has 8 nitrogen and oxygen atoms in total. The molecule has 1 N–H and O–H groups in total. The van der Waals surface area contributed by atoms with Gasteiger partial charge in [-0.2, -0.15) is 0 Å². The predicted molar refractivity (Wildman–Crippen MR) is 119 cm³/mol. The Morgan fingerprint density at radius 3 is 2.29 bits per heavy atom. The lowest BCUT2D eigenvalue weighted by Gasteiger charge is -2.34. The molecule has 0 aliphatic carbocycles. The number of benzene rings is 2. The Balaban J connectivity index is 1.71.